The summed E-state index contributed by atoms with van der Waals surface area (Å²) in [5.74, 6) is 0.409. The van der Waals surface area contributed by atoms with Gasteiger partial charge < -0.3 is 9.64 Å². The molecule has 0 aromatic heterocycles. The number of rotatable bonds is 5. The topological polar surface area (TPSA) is 29.5 Å². The van der Waals surface area contributed by atoms with Gasteiger partial charge in [-0.25, -0.2) is 4.79 Å². The maximum Gasteiger partial charge on any atom is 0.422 e. The Hall–Kier alpha value is -0.940. The summed E-state index contributed by atoms with van der Waals surface area (Å²) >= 11 is 0. The molecular formula is C11H18F3NO2. The smallest absolute Gasteiger partial charge is 0.422 e. The van der Waals surface area contributed by atoms with E-state index in [2.05, 4.69) is 4.74 Å². The fourth-order valence-electron chi connectivity index (χ4n) is 1.43. The number of hydrogen-bond acceptors (Lipinski definition) is 2. The molecule has 1 rings (SSSR count). The van der Waals surface area contributed by atoms with Crippen LogP contribution in [0.1, 0.15) is 33.1 Å². The summed E-state index contributed by atoms with van der Waals surface area (Å²) in [6.45, 7) is 2.98. The molecular weight excluding hydrogens is 235 g/mol. The molecule has 0 radical (unpaired) electrons. The predicted molar refractivity (Wildman–Crippen MR) is 56.6 cm³/mol. The standard InChI is InChI=1S/C11H18F3NO2/c1-8(2)5-6-15(9-3-4-9)10(16)17-7-11(12,13)14/h8-9H,3-7H2,1-2H3. The van der Waals surface area contributed by atoms with Crippen molar-refractivity contribution in [2.45, 2.75) is 45.3 Å². The molecule has 0 unspecified atom stereocenters. The fraction of sp³-hybridized carbons (Fsp3) is 0.909. The van der Waals surface area contributed by atoms with E-state index in [1.807, 2.05) is 13.8 Å². The van der Waals surface area contributed by atoms with Gasteiger partial charge in [0.1, 0.15) is 0 Å². The second kappa shape index (κ2) is 5.60. The van der Waals surface area contributed by atoms with E-state index in [-0.39, 0.29) is 6.04 Å². The van der Waals surface area contributed by atoms with Crippen molar-refractivity contribution in [1.82, 2.24) is 4.90 Å². The van der Waals surface area contributed by atoms with Crippen molar-refractivity contribution in [3.05, 3.63) is 0 Å². The molecule has 0 aliphatic heterocycles. The molecule has 0 aromatic carbocycles. The van der Waals surface area contributed by atoms with E-state index in [1.54, 1.807) is 0 Å². The molecule has 1 aliphatic rings. The lowest BCUT2D eigenvalue weighted by molar-refractivity contribution is -0.162. The van der Waals surface area contributed by atoms with Crippen molar-refractivity contribution in [1.29, 1.82) is 0 Å². The van der Waals surface area contributed by atoms with Crippen molar-refractivity contribution in [2.75, 3.05) is 13.2 Å². The Morgan fingerprint density at radius 3 is 2.41 bits per heavy atom. The van der Waals surface area contributed by atoms with Crippen LogP contribution in [0.25, 0.3) is 0 Å². The first kappa shape index (κ1) is 14.1. The largest absolute Gasteiger partial charge is 0.440 e. The molecule has 0 N–H and O–H groups in total. The summed E-state index contributed by atoms with van der Waals surface area (Å²) in [6.07, 6.45) is -2.80. The Kier molecular flexibility index (Phi) is 4.65. The van der Waals surface area contributed by atoms with Crippen LogP contribution in [0.3, 0.4) is 0 Å². The minimum Gasteiger partial charge on any atom is -0.440 e. The number of carbonyl (C=O) groups is 1. The number of amides is 1. The van der Waals surface area contributed by atoms with Gasteiger partial charge in [-0.05, 0) is 25.2 Å². The van der Waals surface area contributed by atoms with Crippen LogP contribution >= 0.6 is 0 Å². The van der Waals surface area contributed by atoms with E-state index in [1.165, 1.54) is 4.90 Å². The predicted octanol–water partition coefficient (Wildman–Crippen LogP) is 3.20. The van der Waals surface area contributed by atoms with Crippen LogP contribution in [0.5, 0.6) is 0 Å². The molecule has 1 fully saturated rings. The quantitative estimate of drug-likeness (QED) is 0.753. The van der Waals surface area contributed by atoms with Crippen molar-refractivity contribution in [2.24, 2.45) is 5.92 Å². The van der Waals surface area contributed by atoms with Gasteiger partial charge in [0.05, 0.1) is 0 Å². The summed E-state index contributed by atoms with van der Waals surface area (Å²) in [5.41, 5.74) is 0. The van der Waals surface area contributed by atoms with E-state index < -0.39 is 18.9 Å². The van der Waals surface area contributed by atoms with Crippen LogP contribution in [0.4, 0.5) is 18.0 Å². The third-order valence-electron chi connectivity index (χ3n) is 2.53. The highest BCUT2D eigenvalue weighted by atomic mass is 19.4. The summed E-state index contributed by atoms with van der Waals surface area (Å²) in [7, 11) is 0. The Morgan fingerprint density at radius 1 is 1.41 bits per heavy atom. The van der Waals surface area contributed by atoms with E-state index in [4.69, 9.17) is 0 Å². The number of ether oxygens (including phenoxy) is 1. The first-order chi connectivity index (χ1) is 7.79. The van der Waals surface area contributed by atoms with Crippen LogP contribution in [0.15, 0.2) is 0 Å². The van der Waals surface area contributed by atoms with Gasteiger partial charge in [0, 0.05) is 12.6 Å². The normalized spacial score (nSPS) is 16.1. The first-order valence-corrected chi connectivity index (χ1v) is 5.79. The third-order valence-corrected chi connectivity index (χ3v) is 2.53. The maximum absolute atomic E-state index is 11.9. The Labute approximate surface area is 98.9 Å². The lowest BCUT2D eigenvalue weighted by atomic mass is 10.1. The molecule has 6 heteroatoms. The number of hydrogen-bond donors (Lipinski definition) is 0. The van der Waals surface area contributed by atoms with E-state index >= 15 is 0 Å². The zero-order valence-corrected chi connectivity index (χ0v) is 10.1. The molecule has 1 amide bonds. The molecule has 0 aromatic rings. The van der Waals surface area contributed by atoms with E-state index in [0.29, 0.717) is 12.5 Å². The van der Waals surface area contributed by atoms with Gasteiger partial charge in [-0.15, -0.1) is 0 Å². The van der Waals surface area contributed by atoms with Gasteiger partial charge in [0.25, 0.3) is 0 Å². The van der Waals surface area contributed by atoms with Gasteiger partial charge in [0.15, 0.2) is 6.61 Å². The second-order valence-electron chi connectivity index (χ2n) is 4.78. The van der Waals surface area contributed by atoms with Gasteiger partial charge >= 0.3 is 12.3 Å². The molecule has 0 saturated heterocycles. The lowest BCUT2D eigenvalue weighted by Crippen LogP contribution is -2.36. The molecule has 17 heavy (non-hydrogen) atoms. The Balaban J connectivity index is 2.38. The lowest BCUT2D eigenvalue weighted by Gasteiger charge is -2.23. The molecule has 0 bridgehead atoms. The van der Waals surface area contributed by atoms with Gasteiger partial charge in [-0.2, -0.15) is 13.2 Å². The van der Waals surface area contributed by atoms with E-state index in [0.717, 1.165) is 19.3 Å². The van der Waals surface area contributed by atoms with E-state index in [9.17, 15) is 18.0 Å². The monoisotopic (exact) mass is 253 g/mol. The van der Waals surface area contributed by atoms with Crippen molar-refractivity contribution in [3.8, 4) is 0 Å². The fourth-order valence-corrected chi connectivity index (χ4v) is 1.43. The minimum absolute atomic E-state index is 0.0782. The SMILES string of the molecule is CC(C)CCN(C(=O)OCC(F)(F)F)C1CC1. The molecule has 100 valence electrons. The average Bonchev–Trinajstić information content (AvgIpc) is 2.97. The van der Waals surface area contributed by atoms with Crippen molar-refractivity contribution in [3.63, 3.8) is 0 Å². The molecule has 1 aliphatic carbocycles. The highest BCUT2D eigenvalue weighted by Crippen LogP contribution is 2.28. The molecule has 0 atom stereocenters. The summed E-state index contributed by atoms with van der Waals surface area (Å²) < 4.78 is 40.0. The maximum atomic E-state index is 11.9. The average molecular weight is 253 g/mol. The molecule has 1 saturated carbocycles. The summed E-state index contributed by atoms with van der Waals surface area (Å²) in [4.78, 5) is 12.9. The van der Waals surface area contributed by atoms with Crippen LogP contribution in [-0.4, -0.2) is 36.4 Å². The number of alkyl halides is 3. The zero-order valence-electron chi connectivity index (χ0n) is 10.1. The van der Waals surface area contributed by atoms with Gasteiger partial charge in [-0.3, -0.25) is 0 Å². The Bertz CT molecular complexity index is 262. The van der Waals surface area contributed by atoms with Gasteiger partial charge in [-0.1, -0.05) is 13.8 Å². The minimum atomic E-state index is -4.46. The second-order valence-corrected chi connectivity index (χ2v) is 4.78. The summed E-state index contributed by atoms with van der Waals surface area (Å²) in [6, 6.07) is 0.0782. The molecule has 0 heterocycles. The zero-order chi connectivity index (χ0) is 13.1. The number of nitrogens with zero attached hydrogens (tertiary/aromatic N) is 1. The third kappa shape index (κ3) is 5.79. The van der Waals surface area contributed by atoms with Crippen LogP contribution in [-0.2, 0) is 4.74 Å². The van der Waals surface area contributed by atoms with Crippen LogP contribution < -0.4 is 0 Å². The number of carbonyl (C=O) groups excluding carboxylic acids is 1. The van der Waals surface area contributed by atoms with Crippen molar-refractivity contribution >= 4 is 6.09 Å². The highest BCUT2D eigenvalue weighted by molar-refractivity contribution is 5.68. The van der Waals surface area contributed by atoms with Crippen LogP contribution in [0.2, 0.25) is 0 Å². The van der Waals surface area contributed by atoms with Gasteiger partial charge in [0.2, 0.25) is 0 Å². The first-order valence-electron chi connectivity index (χ1n) is 5.79. The summed E-state index contributed by atoms with van der Waals surface area (Å²) in [5, 5.41) is 0. The van der Waals surface area contributed by atoms with Crippen molar-refractivity contribution < 1.29 is 22.7 Å². The Morgan fingerprint density at radius 2 is 2.00 bits per heavy atom. The highest BCUT2D eigenvalue weighted by Gasteiger charge is 2.36. The van der Waals surface area contributed by atoms with Crippen LogP contribution in [0, 0.1) is 5.92 Å². The molecule has 0 spiro atoms. The number of halogens is 3. The molecule has 3 nitrogen and oxygen atoms in total.